The number of hydrogen-bond acceptors (Lipinski definition) is 2. The van der Waals surface area contributed by atoms with Crippen LogP contribution in [0.3, 0.4) is 0 Å². The lowest BCUT2D eigenvalue weighted by molar-refractivity contribution is -0.114. The van der Waals surface area contributed by atoms with Crippen LogP contribution in [-0.2, 0) is 4.79 Å². The van der Waals surface area contributed by atoms with E-state index in [0.717, 1.165) is 40.5 Å². The van der Waals surface area contributed by atoms with Gasteiger partial charge in [0.25, 0.3) is 0 Å². The zero-order valence-corrected chi connectivity index (χ0v) is 13.5. The summed E-state index contributed by atoms with van der Waals surface area (Å²) in [5, 5.41) is 2.25. The molecule has 0 amide bonds. The van der Waals surface area contributed by atoms with Crippen molar-refractivity contribution < 1.29 is 9.53 Å². The normalized spacial score (nSPS) is 15.7. The largest absolute Gasteiger partial charge is 0.490 e. The van der Waals surface area contributed by atoms with Gasteiger partial charge in [-0.25, -0.2) is 0 Å². The molecule has 0 bridgehead atoms. The van der Waals surface area contributed by atoms with Gasteiger partial charge in [-0.1, -0.05) is 35.9 Å². The third kappa shape index (κ3) is 2.66. The topological polar surface area (TPSA) is 26.3 Å². The SMILES string of the molecule is CC1=C(c2c(OC(C)C)ccc3ccccc23)C(=O)CCC1. The average molecular weight is 294 g/mol. The summed E-state index contributed by atoms with van der Waals surface area (Å²) >= 11 is 0. The molecular weight excluding hydrogens is 272 g/mol. The first-order chi connectivity index (χ1) is 10.6. The number of ketones is 1. The summed E-state index contributed by atoms with van der Waals surface area (Å²) < 4.78 is 6.02. The van der Waals surface area contributed by atoms with Gasteiger partial charge < -0.3 is 4.74 Å². The lowest BCUT2D eigenvalue weighted by Gasteiger charge is -2.22. The Kier molecular flexibility index (Phi) is 4.02. The highest BCUT2D eigenvalue weighted by Crippen LogP contribution is 2.39. The molecule has 0 saturated heterocycles. The molecule has 1 aliphatic carbocycles. The zero-order valence-electron chi connectivity index (χ0n) is 13.5. The Morgan fingerprint density at radius 1 is 1.05 bits per heavy atom. The first-order valence-electron chi connectivity index (χ1n) is 7.99. The first kappa shape index (κ1) is 14.8. The molecule has 2 aromatic rings. The summed E-state index contributed by atoms with van der Waals surface area (Å²) in [4.78, 5) is 12.6. The Morgan fingerprint density at radius 2 is 1.82 bits per heavy atom. The van der Waals surface area contributed by atoms with E-state index in [9.17, 15) is 4.79 Å². The van der Waals surface area contributed by atoms with E-state index >= 15 is 0 Å². The molecule has 0 atom stereocenters. The van der Waals surface area contributed by atoms with E-state index in [-0.39, 0.29) is 11.9 Å². The van der Waals surface area contributed by atoms with Crippen molar-refractivity contribution in [3.63, 3.8) is 0 Å². The Balaban J connectivity index is 2.31. The fraction of sp³-hybridized carbons (Fsp3) is 0.350. The van der Waals surface area contributed by atoms with Gasteiger partial charge in [0.1, 0.15) is 5.75 Å². The van der Waals surface area contributed by atoms with E-state index in [1.165, 1.54) is 5.57 Å². The molecule has 2 aromatic carbocycles. The molecule has 0 aliphatic heterocycles. The van der Waals surface area contributed by atoms with Crippen LogP contribution in [0.2, 0.25) is 0 Å². The van der Waals surface area contributed by atoms with Crippen LogP contribution in [0.15, 0.2) is 42.0 Å². The second kappa shape index (κ2) is 5.96. The highest BCUT2D eigenvalue weighted by molar-refractivity contribution is 6.26. The van der Waals surface area contributed by atoms with Crippen molar-refractivity contribution in [3.8, 4) is 5.75 Å². The monoisotopic (exact) mass is 294 g/mol. The fourth-order valence-corrected chi connectivity index (χ4v) is 3.22. The second-order valence-electron chi connectivity index (χ2n) is 6.26. The van der Waals surface area contributed by atoms with Crippen LogP contribution in [0.5, 0.6) is 5.75 Å². The van der Waals surface area contributed by atoms with Crippen molar-refractivity contribution in [2.45, 2.75) is 46.1 Å². The summed E-state index contributed by atoms with van der Waals surface area (Å²) in [5.74, 6) is 1.06. The van der Waals surface area contributed by atoms with Gasteiger partial charge in [-0.15, -0.1) is 0 Å². The molecule has 1 aliphatic rings. The van der Waals surface area contributed by atoms with E-state index in [0.29, 0.717) is 6.42 Å². The maximum Gasteiger partial charge on any atom is 0.163 e. The summed E-state index contributed by atoms with van der Waals surface area (Å²) in [6.07, 6.45) is 2.67. The Hall–Kier alpha value is -2.09. The van der Waals surface area contributed by atoms with Crippen molar-refractivity contribution in [2.24, 2.45) is 0 Å². The van der Waals surface area contributed by atoms with Crippen molar-refractivity contribution >= 4 is 22.1 Å². The molecule has 114 valence electrons. The quantitative estimate of drug-likeness (QED) is 0.782. The molecule has 0 spiro atoms. The van der Waals surface area contributed by atoms with Gasteiger partial charge in [0.15, 0.2) is 5.78 Å². The summed E-state index contributed by atoms with van der Waals surface area (Å²) in [7, 11) is 0. The average Bonchev–Trinajstić information content (AvgIpc) is 2.48. The van der Waals surface area contributed by atoms with Gasteiger partial charge in [-0.3, -0.25) is 4.79 Å². The van der Waals surface area contributed by atoms with Gasteiger partial charge in [-0.2, -0.15) is 0 Å². The second-order valence-corrected chi connectivity index (χ2v) is 6.26. The Labute approximate surface area is 131 Å². The minimum atomic E-state index is 0.0829. The molecule has 0 fully saturated rings. The summed E-state index contributed by atoms with van der Waals surface area (Å²) in [5.41, 5.74) is 3.04. The molecule has 0 saturated carbocycles. The van der Waals surface area contributed by atoms with Gasteiger partial charge >= 0.3 is 0 Å². The molecule has 0 aromatic heterocycles. The smallest absolute Gasteiger partial charge is 0.163 e. The molecule has 0 unspecified atom stereocenters. The van der Waals surface area contributed by atoms with Crippen LogP contribution in [0, 0.1) is 0 Å². The first-order valence-corrected chi connectivity index (χ1v) is 7.99. The molecule has 0 N–H and O–H groups in total. The number of hydrogen-bond donors (Lipinski definition) is 0. The minimum absolute atomic E-state index is 0.0829. The maximum atomic E-state index is 12.6. The van der Waals surface area contributed by atoms with Gasteiger partial charge in [0.2, 0.25) is 0 Å². The lowest BCUT2D eigenvalue weighted by atomic mass is 9.84. The molecule has 22 heavy (non-hydrogen) atoms. The fourth-order valence-electron chi connectivity index (χ4n) is 3.22. The number of benzene rings is 2. The molecule has 2 nitrogen and oxygen atoms in total. The minimum Gasteiger partial charge on any atom is -0.490 e. The van der Waals surface area contributed by atoms with Crippen LogP contribution in [0.4, 0.5) is 0 Å². The number of carbonyl (C=O) groups excluding carboxylic acids is 1. The van der Waals surface area contributed by atoms with E-state index in [2.05, 4.69) is 25.1 Å². The highest BCUT2D eigenvalue weighted by atomic mass is 16.5. The number of ether oxygens (including phenoxy) is 1. The number of rotatable bonds is 3. The Bertz CT molecular complexity index is 753. The molecule has 0 heterocycles. The van der Waals surface area contributed by atoms with Crippen LogP contribution in [0.1, 0.15) is 45.6 Å². The van der Waals surface area contributed by atoms with Crippen molar-refractivity contribution in [3.05, 3.63) is 47.5 Å². The highest BCUT2D eigenvalue weighted by Gasteiger charge is 2.24. The van der Waals surface area contributed by atoms with Gasteiger partial charge in [-0.05, 0) is 50.5 Å². The number of Topliss-reactive ketones (excluding diaryl/α,β-unsaturated/α-hetero) is 1. The Morgan fingerprint density at radius 3 is 2.55 bits per heavy atom. The van der Waals surface area contributed by atoms with Gasteiger partial charge in [0.05, 0.1) is 6.10 Å². The van der Waals surface area contributed by atoms with E-state index < -0.39 is 0 Å². The maximum absolute atomic E-state index is 12.6. The van der Waals surface area contributed by atoms with Crippen LogP contribution in [-0.4, -0.2) is 11.9 Å². The lowest BCUT2D eigenvalue weighted by Crippen LogP contribution is -2.13. The van der Waals surface area contributed by atoms with Crippen LogP contribution in [0.25, 0.3) is 16.3 Å². The molecule has 3 rings (SSSR count). The molecule has 2 heteroatoms. The summed E-state index contributed by atoms with van der Waals surface area (Å²) in [6.45, 7) is 6.11. The van der Waals surface area contributed by atoms with E-state index in [4.69, 9.17) is 4.74 Å². The van der Waals surface area contributed by atoms with Gasteiger partial charge in [0, 0.05) is 17.6 Å². The number of fused-ring (bicyclic) bond motifs is 1. The van der Waals surface area contributed by atoms with Crippen LogP contribution >= 0.6 is 0 Å². The molecular formula is C20H22O2. The predicted octanol–water partition coefficient (Wildman–Crippen LogP) is 5.15. The van der Waals surface area contributed by atoms with E-state index in [1.807, 2.05) is 32.0 Å². The third-order valence-corrected chi connectivity index (χ3v) is 4.16. The molecule has 0 radical (unpaired) electrons. The van der Waals surface area contributed by atoms with Crippen molar-refractivity contribution in [2.75, 3.05) is 0 Å². The standard InChI is InChI=1S/C20H22O2/c1-13(2)22-18-12-11-15-8-4-5-9-16(15)20(18)19-14(3)7-6-10-17(19)21/h4-5,8-9,11-13H,6-7,10H2,1-3H3. The third-order valence-electron chi connectivity index (χ3n) is 4.16. The summed E-state index contributed by atoms with van der Waals surface area (Å²) in [6, 6.07) is 12.3. The predicted molar refractivity (Wildman–Crippen MR) is 91.2 cm³/mol. The van der Waals surface area contributed by atoms with E-state index in [1.54, 1.807) is 0 Å². The van der Waals surface area contributed by atoms with Crippen molar-refractivity contribution in [1.29, 1.82) is 0 Å². The van der Waals surface area contributed by atoms with Crippen molar-refractivity contribution in [1.82, 2.24) is 0 Å². The number of carbonyl (C=O) groups is 1. The zero-order chi connectivity index (χ0) is 15.7. The van der Waals surface area contributed by atoms with Crippen LogP contribution < -0.4 is 4.74 Å². The number of allylic oxidation sites excluding steroid dienone is 2.